The molecule has 0 heterocycles. The molecule has 0 aromatic carbocycles. The number of aliphatic carboxylic acids is 1. The van der Waals surface area contributed by atoms with E-state index in [9.17, 15) is 4.79 Å². The summed E-state index contributed by atoms with van der Waals surface area (Å²) in [5.41, 5.74) is 0. The van der Waals surface area contributed by atoms with Gasteiger partial charge in [-0.25, -0.2) is 0 Å². The highest BCUT2D eigenvalue weighted by molar-refractivity contribution is 5.73. The molecule has 0 aliphatic heterocycles. The molecule has 0 aliphatic carbocycles. The average molecular weight is 177 g/mol. The number of hydrogen-bond donors (Lipinski definition) is 3. The van der Waals surface area contributed by atoms with Gasteiger partial charge in [-0.05, 0) is 13.0 Å². The molecule has 0 radical (unpaired) electrons. The predicted octanol–water partition coefficient (Wildman–Crippen LogP) is 0.0158. The first-order chi connectivity index (χ1) is 5.51. The van der Waals surface area contributed by atoms with Crippen LogP contribution in [0.4, 0.5) is 0 Å². The number of carbonyl (C=O) groups is 2. The van der Waals surface area contributed by atoms with E-state index in [0.29, 0.717) is 0 Å². The summed E-state index contributed by atoms with van der Waals surface area (Å²) in [5.74, 6) is -0.639. The second kappa shape index (κ2) is 8.00. The molecule has 1 unspecified atom stereocenters. The van der Waals surface area contributed by atoms with Crippen LogP contribution in [0.25, 0.3) is 0 Å². The van der Waals surface area contributed by atoms with E-state index < -0.39 is 12.0 Å². The van der Waals surface area contributed by atoms with Gasteiger partial charge in [0.15, 0.2) is 0 Å². The molecular formula is C7H15NO4. The van der Waals surface area contributed by atoms with E-state index in [-0.39, 0.29) is 12.4 Å². The Kier molecular flexibility index (Phi) is 8.99. The van der Waals surface area contributed by atoms with Crippen molar-refractivity contribution in [1.29, 1.82) is 0 Å². The van der Waals surface area contributed by atoms with E-state index in [1.54, 1.807) is 7.05 Å². The third kappa shape index (κ3) is 7.01. The molecule has 5 nitrogen and oxygen atoms in total. The van der Waals surface area contributed by atoms with Crippen LogP contribution in [0.3, 0.4) is 0 Å². The summed E-state index contributed by atoms with van der Waals surface area (Å²) in [6, 6.07) is -0.412. The second-order valence-corrected chi connectivity index (χ2v) is 2.45. The fourth-order valence-electron chi connectivity index (χ4n) is 0.742. The zero-order valence-electron chi connectivity index (χ0n) is 7.44. The maximum atomic E-state index is 10.3. The van der Waals surface area contributed by atoms with Crippen LogP contribution in [-0.4, -0.2) is 35.7 Å². The zero-order valence-corrected chi connectivity index (χ0v) is 7.44. The van der Waals surface area contributed by atoms with Crippen molar-refractivity contribution in [3.63, 3.8) is 0 Å². The fourth-order valence-corrected chi connectivity index (χ4v) is 0.742. The summed E-state index contributed by atoms with van der Waals surface area (Å²) < 4.78 is 0. The second-order valence-electron chi connectivity index (χ2n) is 2.45. The Morgan fingerprint density at radius 2 is 1.83 bits per heavy atom. The first-order valence-electron chi connectivity index (χ1n) is 3.49. The summed E-state index contributed by atoms with van der Waals surface area (Å²) in [6.07, 6.45) is 0. The highest BCUT2D eigenvalue weighted by atomic mass is 16.4. The van der Waals surface area contributed by atoms with Crippen LogP contribution < -0.4 is 5.32 Å². The van der Waals surface area contributed by atoms with Crippen molar-refractivity contribution in [2.75, 3.05) is 7.05 Å². The monoisotopic (exact) mass is 177 g/mol. The lowest BCUT2D eigenvalue weighted by atomic mass is 10.1. The summed E-state index contributed by atoms with van der Waals surface area (Å²) in [4.78, 5) is 18.7. The number of carboxylic acid groups (broad SMARTS) is 2. The van der Waals surface area contributed by atoms with Gasteiger partial charge in [-0.1, -0.05) is 13.8 Å². The Labute approximate surface area is 71.4 Å². The van der Waals surface area contributed by atoms with Crippen molar-refractivity contribution in [2.24, 2.45) is 5.92 Å². The normalized spacial score (nSPS) is 11.3. The van der Waals surface area contributed by atoms with Gasteiger partial charge in [0, 0.05) is 0 Å². The van der Waals surface area contributed by atoms with Gasteiger partial charge in [0.1, 0.15) is 6.04 Å². The first-order valence-corrected chi connectivity index (χ1v) is 3.49. The van der Waals surface area contributed by atoms with Gasteiger partial charge in [-0.3, -0.25) is 9.59 Å². The Hall–Kier alpha value is -1.10. The van der Waals surface area contributed by atoms with Crippen LogP contribution >= 0.6 is 0 Å². The van der Waals surface area contributed by atoms with Gasteiger partial charge in [-0.15, -0.1) is 0 Å². The molecule has 0 fully saturated rings. The van der Waals surface area contributed by atoms with Gasteiger partial charge in [0.05, 0.1) is 0 Å². The first kappa shape index (κ1) is 13.5. The Balaban J connectivity index is 0. The van der Waals surface area contributed by atoms with E-state index in [2.05, 4.69) is 5.32 Å². The number of likely N-dealkylation sites (N-methyl/N-ethyl adjacent to an activating group) is 1. The maximum absolute atomic E-state index is 10.3. The molecule has 0 rings (SSSR count). The van der Waals surface area contributed by atoms with Crippen LogP contribution in [0, 0.1) is 5.92 Å². The maximum Gasteiger partial charge on any atom is 0.320 e. The molecule has 0 saturated heterocycles. The Morgan fingerprint density at radius 1 is 1.50 bits per heavy atom. The topological polar surface area (TPSA) is 86.6 Å². The van der Waals surface area contributed by atoms with Gasteiger partial charge >= 0.3 is 5.97 Å². The fraction of sp³-hybridized carbons (Fsp3) is 0.714. The molecule has 0 spiro atoms. The molecule has 0 bridgehead atoms. The van der Waals surface area contributed by atoms with Crippen molar-refractivity contribution in [1.82, 2.24) is 5.32 Å². The minimum atomic E-state index is -0.785. The van der Waals surface area contributed by atoms with Crippen molar-refractivity contribution in [2.45, 2.75) is 19.9 Å². The van der Waals surface area contributed by atoms with Crippen LogP contribution in [0.2, 0.25) is 0 Å². The minimum Gasteiger partial charge on any atom is -0.483 e. The third-order valence-corrected chi connectivity index (χ3v) is 1.24. The smallest absolute Gasteiger partial charge is 0.320 e. The van der Waals surface area contributed by atoms with E-state index in [4.69, 9.17) is 15.0 Å². The molecule has 0 aromatic heterocycles. The quantitative estimate of drug-likeness (QED) is 0.529. The third-order valence-electron chi connectivity index (χ3n) is 1.24. The molecule has 12 heavy (non-hydrogen) atoms. The minimum absolute atomic E-state index is 0.146. The summed E-state index contributed by atoms with van der Waals surface area (Å²) in [5, 5.41) is 18.1. The number of hydrogen-bond acceptors (Lipinski definition) is 3. The van der Waals surface area contributed by atoms with E-state index >= 15 is 0 Å². The zero-order chi connectivity index (χ0) is 10.1. The predicted molar refractivity (Wildman–Crippen MR) is 44.0 cm³/mol. The molecule has 0 saturated carbocycles. The average Bonchev–Trinajstić information content (AvgIpc) is 1.88. The van der Waals surface area contributed by atoms with Crippen LogP contribution in [-0.2, 0) is 9.59 Å². The van der Waals surface area contributed by atoms with E-state index in [1.165, 1.54) is 0 Å². The van der Waals surface area contributed by atoms with Gasteiger partial charge in [0.2, 0.25) is 0 Å². The highest BCUT2D eigenvalue weighted by Crippen LogP contribution is 1.99. The molecule has 3 N–H and O–H groups in total. The lowest BCUT2D eigenvalue weighted by molar-refractivity contribution is -0.140. The van der Waals surface area contributed by atoms with Crippen molar-refractivity contribution in [3.8, 4) is 0 Å². The number of carboxylic acids is 1. The van der Waals surface area contributed by atoms with Gasteiger partial charge < -0.3 is 15.5 Å². The molecule has 0 amide bonds. The lowest BCUT2D eigenvalue weighted by Crippen LogP contribution is -2.38. The molecule has 72 valence electrons. The Bertz CT molecular complexity index is 135. The lowest BCUT2D eigenvalue weighted by Gasteiger charge is -2.13. The Morgan fingerprint density at radius 3 is 1.83 bits per heavy atom. The van der Waals surface area contributed by atoms with Crippen LogP contribution in [0.5, 0.6) is 0 Å². The summed E-state index contributed by atoms with van der Waals surface area (Å²) in [7, 11) is 1.65. The summed E-state index contributed by atoms with van der Waals surface area (Å²) in [6.45, 7) is 3.49. The largest absolute Gasteiger partial charge is 0.483 e. The van der Waals surface area contributed by atoms with E-state index in [0.717, 1.165) is 0 Å². The van der Waals surface area contributed by atoms with Crippen molar-refractivity contribution >= 4 is 12.4 Å². The molecule has 1 atom stereocenters. The molecular weight excluding hydrogens is 162 g/mol. The summed E-state index contributed by atoms with van der Waals surface area (Å²) >= 11 is 0. The van der Waals surface area contributed by atoms with Crippen LogP contribution in [0.15, 0.2) is 0 Å². The van der Waals surface area contributed by atoms with E-state index in [1.807, 2.05) is 13.8 Å². The molecule has 0 aromatic rings. The standard InChI is InChI=1S/C6H13NO2.CH2O2/c1-4(2)5(7-3)6(8)9;2-1-3/h4-5,7H,1-3H3,(H,8,9);1H,(H,2,3). The van der Waals surface area contributed by atoms with Crippen molar-refractivity contribution < 1.29 is 19.8 Å². The van der Waals surface area contributed by atoms with Crippen molar-refractivity contribution in [3.05, 3.63) is 0 Å². The SMILES string of the molecule is CNC(C(=O)O)C(C)C.O=CO. The van der Waals surface area contributed by atoms with Gasteiger partial charge in [0.25, 0.3) is 6.47 Å². The van der Waals surface area contributed by atoms with Gasteiger partial charge in [-0.2, -0.15) is 0 Å². The molecule has 5 heteroatoms. The highest BCUT2D eigenvalue weighted by Gasteiger charge is 2.17. The number of rotatable bonds is 3. The number of nitrogens with one attached hydrogen (secondary N) is 1. The van der Waals surface area contributed by atoms with Crippen LogP contribution in [0.1, 0.15) is 13.8 Å². The molecule has 0 aliphatic rings.